The summed E-state index contributed by atoms with van der Waals surface area (Å²) in [5, 5.41) is 0. The van der Waals surface area contributed by atoms with Gasteiger partial charge in [0.05, 0.1) is 19.8 Å². The largest absolute Gasteiger partial charge is 0.379 e. The van der Waals surface area contributed by atoms with E-state index in [-0.39, 0.29) is 24.0 Å². The molecule has 0 radical (unpaired) electrons. The van der Waals surface area contributed by atoms with Crippen molar-refractivity contribution in [2.24, 2.45) is 16.6 Å². The summed E-state index contributed by atoms with van der Waals surface area (Å²) in [7, 11) is 0. The van der Waals surface area contributed by atoms with Crippen LogP contribution in [0.25, 0.3) is 0 Å². The lowest BCUT2D eigenvalue weighted by molar-refractivity contribution is 0.0403. The molecule has 1 aliphatic heterocycles. The molecule has 2 N–H and O–H groups in total. The zero-order chi connectivity index (χ0) is 17.0. The summed E-state index contributed by atoms with van der Waals surface area (Å²) < 4.78 is 11.1. The number of benzene rings is 1. The molecule has 1 saturated heterocycles. The standard InChI is InChI=1S/C19H31N3O2.HI/c1-17-8-11-22(12-9-17)19(20)21-10-5-13-23-14-15-24-16-18-6-3-2-4-7-18;/h2-4,6-7,17H,5,8-16H2,1H3,(H2,20,21);1H. The first-order valence-electron chi connectivity index (χ1n) is 9.00. The molecule has 1 fully saturated rings. The van der Waals surface area contributed by atoms with Gasteiger partial charge in [0.15, 0.2) is 5.96 Å². The summed E-state index contributed by atoms with van der Waals surface area (Å²) in [4.78, 5) is 6.65. The van der Waals surface area contributed by atoms with Crippen molar-refractivity contribution in [2.75, 3.05) is 39.5 Å². The lowest BCUT2D eigenvalue weighted by Gasteiger charge is -2.31. The van der Waals surface area contributed by atoms with Gasteiger partial charge in [-0.15, -0.1) is 24.0 Å². The molecule has 1 aromatic carbocycles. The van der Waals surface area contributed by atoms with E-state index in [1.807, 2.05) is 18.2 Å². The second-order valence-electron chi connectivity index (χ2n) is 6.41. The third-order valence-corrected chi connectivity index (χ3v) is 4.31. The molecule has 1 aliphatic rings. The predicted octanol–water partition coefficient (Wildman–Crippen LogP) is 3.27. The van der Waals surface area contributed by atoms with E-state index in [0.29, 0.717) is 32.4 Å². The molecule has 6 heteroatoms. The fourth-order valence-electron chi connectivity index (χ4n) is 2.68. The molecule has 0 aliphatic carbocycles. The smallest absolute Gasteiger partial charge is 0.191 e. The van der Waals surface area contributed by atoms with Crippen LogP contribution in [0.3, 0.4) is 0 Å². The molecule has 1 heterocycles. The van der Waals surface area contributed by atoms with Gasteiger partial charge in [-0.05, 0) is 30.7 Å². The Morgan fingerprint density at radius 3 is 2.52 bits per heavy atom. The van der Waals surface area contributed by atoms with Crippen LogP contribution in [0.4, 0.5) is 0 Å². The van der Waals surface area contributed by atoms with E-state index < -0.39 is 0 Å². The number of likely N-dealkylation sites (tertiary alicyclic amines) is 1. The number of aliphatic imine (C=N–C) groups is 1. The normalized spacial score (nSPS) is 15.9. The molecule has 0 unspecified atom stereocenters. The maximum absolute atomic E-state index is 6.04. The molecular formula is C19H32IN3O2. The number of hydrogen-bond acceptors (Lipinski definition) is 3. The van der Waals surface area contributed by atoms with Crippen molar-refractivity contribution in [3.8, 4) is 0 Å². The third-order valence-electron chi connectivity index (χ3n) is 4.31. The first kappa shape index (κ1) is 22.2. The predicted molar refractivity (Wildman–Crippen MR) is 113 cm³/mol. The van der Waals surface area contributed by atoms with Crippen LogP contribution >= 0.6 is 24.0 Å². The molecule has 0 saturated carbocycles. The highest BCUT2D eigenvalue weighted by atomic mass is 127. The highest BCUT2D eigenvalue weighted by Gasteiger charge is 2.16. The van der Waals surface area contributed by atoms with Gasteiger partial charge in [-0.25, -0.2) is 0 Å². The Hall–Kier alpha value is -0.860. The van der Waals surface area contributed by atoms with Crippen LogP contribution in [0.15, 0.2) is 35.3 Å². The number of piperidine rings is 1. The number of nitrogens with zero attached hydrogens (tertiary/aromatic N) is 2. The van der Waals surface area contributed by atoms with Gasteiger partial charge in [0, 0.05) is 26.2 Å². The molecule has 1 aromatic rings. The Morgan fingerprint density at radius 2 is 1.80 bits per heavy atom. The number of rotatable bonds is 9. The minimum atomic E-state index is 0. The molecule has 25 heavy (non-hydrogen) atoms. The van der Waals surface area contributed by atoms with Crippen molar-refractivity contribution >= 4 is 29.9 Å². The second kappa shape index (κ2) is 13.4. The van der Waals surface area contributed by atoms with E-state index >= 15 is 0 Å². The van der Waals surface area contributed by atoms with Crippen LogP contribution in [0.5, 0.6) is 0 Å². The lowest BCUT2D eigenvalue weighted by Crippen LogP contribution is -2.42. The fraction of sp³-hybridized carbons (Fsp3) is 0.632. The average Bonchev–Trinajstić information content (AvgIpc) is 2.61. The Balaban J connectivity index is 0.00000312. The van der Waals surface area contributed by atoms with Gasteiger partial charge in [-0.2, -0.15) is 0 Å². The van der Waals surface area contributed by atoms with Gasteiger partial charge in [-0.3, -0.25) is 4.99 Å². The lowest BCUT2D eigenvalue weighted by atomic mass is 10.00. The monoisotopic (exact) mass is 461 g/mol. The van der Waals surface area contributed by atoms with E-state index in [4.69, 9.17) is 15.2 Å². The summed E-state index contributed by atoms with van der Waals surface area (Å²) >= 11 is 0. The van der Waals surface area contributed by atoms with E-state index in [1.54, 1.807) is 0 Å². The summed E-state index contributed by atoms with van der Waals surface area (Å²) in [6.45, 7) is 7.66. The minimum Gasteiger partial charge on any atom is -0.379 e. The van der Waals surface area contributed by atoms with E-state index in [2.05, 4.69) is 28.9 Å². The zero-order valence-electron chi connectivity index (χ0n) is 15.2. The second-order valence-corrected chi connectivity index (χ2v) is 6.41. The Bertz CT molecular complexity index is 477. The highest BCUT2D eigenvalue weighted by Crippen LogP contribution is 2.15. The van der Waals surface area contributed by atoms with Gasteiger partial charge >= 0.3 is 0 Å². The van der Waals surface area contributed by atoms with Crippen molar-refractivity contribution in [2.45, 2.75) is 32.8 Å². The SMILES string of the molecule is CC1CCN(C(N)=NCCCOCCOCc2ccccc2)CC1.I. The summed E-state index contributed by atoms with van der Waals surface area (Å²) in [6, 6.07) is 10.2. The highest BCUT2D eigenvalue weighted by molar-refractivity contribution is 14.0. The van der Waals surface area contributed by atoms with Crippen molar-refractivity contribution in [1.82, 2.24) is 4.90 Å². The first-order chi connectivity index (χ1) is 11.8. The van der Waals surface area contributed by atoms with Crippen LogP contribution in [-0.4, -0.2) is 50.3 Å². The van der Waals surface area contributed by atoms with E-state index in [9.17, 15) is 0 Å². The van der Waals surface area contributed by atoms with Crippen molar-refractivity contribution in [1.29, 1.82) is 0 Å². The van der Waals surface area contributed by atoms with Crippen molar-refractivity contribution < 1.29 is 9.47 Å². The number of hydrogen-bond donors (Lipinski definition) is 1. The molecule has 0 atom stereocenters. The van der Waals surface area contributed by atoms with Crippen molar-refractivity contribution in [3.63, 3.8) is 0 Å². The molecule has 0 bridgehead atoms. The van der Waals surface area contributed by atoms with Crippen LogP contribution < -0.4 is 5.73 Å². The Labute approximate surface area is 169 Å². The van der Waals surface area contributed by atoms with Gasteiger partial charge in [0.1, 0.15) is 0 Å². The quantitative estimate of drug-likeness (QED) is 0.266. The van der Waals surface area contributed by atoms with E-state index in [1.165, 1.54) is 18.4 Å². The minimum absolute atomic E-state index is 0. The zero-order valence-corrected chi connectivity index (χ0v) is 17.6. The molecule has 2 rings (SSSR count). The molecule has 0 spiro atoms. The summed E-state index contributed by atoms with van der Waals surface area (Å²) in [5.74, 6) is 1.50. The van der Waals surface area contributed by atoms with Crippen LogP contribution in [0.2, 0.25) is 0 Å². The summed E-state index contributed by atoms with van der Waals surface area (Å²) in [6.07, 6.45) is 3.31. The molecular weight excluding hydrogens is 429 g/mol. The van der Waals surface area contributed by atoms with Gasteiger partial charge in [0.2, 0.25) is 0 Å². The van der Waals surface area contributed by atoms with Crippen LogP contribution in [-0.2, 0) is 16.1 Å². The molecule has 5 nitrogen and oxygen atoms in total. The maximum Gasteiger partial charge on any atom is 0.191 e. The average molecular weight is 461 g/mol. The van der Waals surface area contributed by atoms with E-state index in [0.717, 1.165) is 32.0 Å². The topological polar surface area (TPSA) is 60.1 Å². The number of nitrogens with two attached hydrogens (primary N) is 1. The number of guanidine groups is 1. The summed E-state index contributed by atoms with van der Waals surface area (Å²) in [5.41, 5.74) is 7.23. The number of ether oxygens (including phenoxy) is 2. The van der Waals surface area contributed by atoms with Crippen LogP contribution in [0.1, 0.15) is 31.7 Å². The van der Waals surface area contributed by atoms with Gasteiger partial charge < -0.3 is 20.1 Å². The fourth-order valence-corrected chi connectivity index (χ4v) is 2.68. The number of halogens is 1. The first-order valence-corrected chi connectivity index (χ1v) is 9.00. The van der Waals surface area contributed by atoms with Crippen LogP contribution in [0, 0.1) is 5.92 Å². The van der Waals surface area contributed by atoms with Crippen molar-refractivity contribution in [3.05, 3.63) is 35.9 Å². The van der Waals surface area contributed by atoms with Gasteiger partial charge in [-0.1, -0.05) is 37.3 Å². The third kappa shape index (κ3) is 9.42. The molecule has 142 valence electrons. The Morgan fingerprint density at radius 1 is 1.12 bits per heavy atom. The molecule has 0 aromatic heterocycles. The Kier molecular flexibility index (Phi) is 11.9. The molecule has 0 amide bonds. The van der Waals surface area contributed by atoms with Gasteiger partial charge in [0.25, 0.3) is 0 Å². The maximum atomic E-state index is 6.04.